The monoisotopic (exact) mass is 326 g/mol. The molecule has 7 nitrogen and oxygen atoms in total. The first-order valence-corrected chi connectivity index (χ1v) is 8.47. The molecule has 0 aromatic rings. The van der Waals surface area contributed by atoms with Gasteiger partial charge in [0.25, 0.3) is 0 Å². The number of hydrogen-bond donors (Lipinski definition) is 3. The van der Waals surface area contributed by atoms with Gasteiger partial charge in [-0.15, -0.1) is 0 Å². The molecule has 0 bridgehead atoms. The maximum absolute atomic E-state index is 12.5. The highest BCUT2D eigenvalue weighted by atomic mass is 16.5. The summed E-state index contributed by atoms with van der Waals surface area (Å²) >= 11 is 0. The van der Waals surface area contributed by atoms with Gasteiger partial charge in [0.15, 0.2) is 6.10 Å². The summed E-state index contributed by atoms with van der Waals surface area (Å²) in [5, 5.41) is 14.7. The minimum atomic E-state index is -1.05. The summed E-state index contributed by atoms with van der Waals surface area (Å²) in [6.07, 6.45) is 3.88. The van der Waals surface area contributed by atoms with Crippen molar-refractivity contribution in [3.8, 4) is 0 Å². The molecule has 7 heteroatoms. The first-order chi connectivity index (χ1) is 11.0. The zero-order valence-corrected chi connectivity index (χ0v) is 13.6. The normalized spacial score (nSPS) is 26.5. The molecule has 1 saturated heterocycles. The quantitative estimate of drug-likeness (QED) is 0.674. The molecule has 1 aliphatic heterocycles. The number of carbonyl (C=O) groups is 3. The molecule has 130 valence electrons. The number of carboxylic acid groups (broad SMARTS) is 1. The Bertz CT molecular complexity index is 459. The molecule has 0 radical (unpaired) electrons. The van der Waals surface area contributed by atoms with Gasteiger partial charge < -0.3 is 20.5 Å². The summed E-state index contributed by atoms with van der Waals surface area (Å²) in [4.78, 5) is 35.9. The van der Waals surface area contributed by atoms with E-state index in [2.05, 4.69) is 10.6 Å². The lowest BCUT2D eigenvalue weighted by Crippen LogP contribution is -2.61. The van der Waals surface area contributed by atoms with Crippen LogP contribution in [0, 0.1) is 0 Å². The van der Waals surface area contributed by atoms with E-state index in [-0.39, 0.29) is 11.8 Å². The van der Waals surface area contributed by atoms with E-state index in [0.717, 1.165) is 25.7 Å². The van der Waals surface area contributed by atoms with Gasteiger partial charge in [0.1, 0.15) is 11.6 Å². The van der Waals surface area contributed by atoms with E-state index in [4.69, 9.17) is 9.84 Å². The molecule has 1 heterocycles. The molecule has 2 rings (SSSR count). The number of nitrogens with one attached hydrogen (secondary N) is 2. The first kappa shape index (κ1) is 17.7. The summed E-state index contributed by atoms with van der Waals surface area (Å²) in [7, 11) is 0. The smallest absolute Gasteiger partial charge is 0.332 e. The number of hydrogen-bond acceptors (Lipinski definition) is 4. The number of carboxylic acids is 1. The Balaban J connectivity index is 2.01. The van der Waals surface area contributed by atoms with E-state index in [1.54, 1.807) is 0 Å². The highest BCUT2D eigenvalue weighted by Gasteiger charge is 2.43. The van der Waals surface area contributed by atoms with Crippen LogP contribution in [0.25, 0.3) is 0 Å². The van der Waals surface area contributed by atoms with E-state index in [1.807, 2.05) is 6.92 Å². The van der Waals surface area contributed by atoms with Crippen LogP contribution >= 0.6 is 0 Å². The largest absolute Gasteiger partial charge is 0.479 e. The number of rotatable bonds is 6. The molecule has 0 unspecified atom stereocenters. The number of aliphatic carboxylic acids is 1. The fourth-order valence-electron chi connectivity index (χ4n) is 3.30. The molecule has 0 aromatic heterocycles. The summed E-state index contributed by atoms with van der Waals surface area (Å²) in [5.41, 5.74) is -0.880. The molecule has 3 N–H and O–H groups in total. The molecule has 2 atom stereocenters. The van der Waals surface area contributed by atoms with Gasteiger partial charge in [-0.2, -0.15) is 0 Å². The van der Waals surface area contributed by atoms with Crippen LogP contribution in [0.2, 0.25) is 0 Å². The average molecular weight is 326 g/mol. The van der Waals surface area contributed by atoms with Gasteiger partial charge in [-0.3, -0.25) is 9.59 Å². The topological polar surface area (TPSA) is 105 Å². The third-order valence-electron chi connectivity index (χ3n) is 4.63. The molecule has 0 spiro atoms. The van der Waals surface area contributed by atoms with Crippen molar-refractivity contribution in [2.24, 2.45) is 0 Å². The van der Waals surface area contributed by atoms with Crippen LogP contribution in [-0.4, -0.2) is 47.2 Å². The number of carbonyl (C=O) groups excluding carboxylic acids is 2. The van der Waals surface area contributed by atoms with Gasteiger partial charge in [-0.05, 0) is 32.1 Å². The molecule has 1 saturated carbocycles. The molecule has 2 fully saturated rings. The van der Waals surface area contributed by atoms with Gasteiger partial charge in [0.2, 0.25) is 11.8 Å². The fraction of sp³-hybridized carbons (Fsp3) is 0.812. The maximum Gasteiger partial charge on any atom is 0.332 e. The fourth-order valence-corrected chi connectivity index (χ4v) is 3.30. The van der Waals surface area contributed by atoms with Crippen LogP contribution in [0.4, 0.5) is 0 Å². The van der Waals surface area contributed by atoms with Crippen molar-refractivity contribution in [2.75, 3.05) is 6.54 Å². The Morgan fingerprint density at radius 1 is 1.13 bits per heavy atom. The molecule has 23 heavy (non-hydrogen) atoms. The second-order valence-corrected chi connectivity index (χ2v) is 6.42. The van der Waals surface area contributed by atoms with Gasteiger partial charge in [0.05, 0.1) is 0 Å². The van der Waals surface area contributed by atoms with Crippen molar-refractivity contribution >= 4 is 17.8 Å². The van der Waals surface area contributed by atoms with Crippen LogP contribution in [0.15, 0.2) is 0 Å². The lowest BCUT2D eigenvalue weighted by atomic mass is 9.80. The Morgan fingerprint density at radius 2 is 1.78 bits per heavy atom. The van der Waals surface area contributed by atoms with Crippen molar-refractivity contribution in [1.82, 2.24) is 10.6 Å². The minimum Gasteiger partial charge on any atom is -0.479 e. The molecule has 2 aliphatic rings. The zero-order chi connectivity index (χ0) is 16.9. The minimum absolute atomic E-state index is 0.139. The Labute approximate surface area is 136 Å². The van der Waals surface area contributed by atoms with E-state index in [9.17, 15) is 14.4 Å². The van der Waals surface area contributed by atoms with Crippen molar-refractivity contribution in [2.45, 2.75) is 76.0 Å². The molecular weight excluding hydrogens is 300 g/mol. The molecule has 2 amide bonds. The SMILES string of the molecule is CCCNC(=O)C1(NC(=O)[C@@H]2CC[C@H](C(=O)O)O2)CCCCC1. The second-order valence-electron chi connectivity index (χ2n) is 6.42. The van der Waals surface area contributed by atoms with Gasteiger partial charge in [-0.25, -0.2) is 4.79 Å². The Morgan fingerprint density at radius 3 is 2.35 bits per heavy atom. The van der Waals surface area contributed by atoms with Crippen LogP contribution in [-0.2, 0) is 19.1 Å². The third-order valence-corrected chi connectivity index (χ3v) is 4.63. The maximum atomic E-state index is 12.5. The van der Waals surface area contributed by atoms with Crippen molar-refractivity contribution < 1.29 is 24.2 Å². The third kappa shape index (κ3) is 4.22. The Kier molecular flexibility index (Phi) is 5.98. The van der Waals surface area contributed by atoms with Crippen LogP contribution in [0.1, 0.15) is 58.3 Å². The molecule has 0 aromatic carbocycles. The predicted molar refractivity (Wildman–Crippen MR) is 82.8 cm³/mol. The van der Waals surface area contributed by atoms with E-state index >= 15 is 0 Å². The Hall–Kier alpha value is -1.63. The highest BCUT2D eigenvalue weighted by Crippen LogP contribution is 2.30. The highest BCUT2D eigenvalue weighted by molar-refractivity contribution is 5.93. The zero-order valence-electron chi connectivity index (χ0n) is 13.6. The van der Waals surface area contributed by atoms with E-state index in [0.29, 0.717) is 32.2 Å². The summed E-state index contributed by atoms with van der Waals surface area (Å²) in [6.45, 7) is 2.56. The van der Waals surface area contributed by atoms with Crippen LogP contribution in [0.3, 0.4) is 0 Å². The lowest BCUT2D eigenvalue weighted by Gasteiger charge is -2.37. The number of amides is 2. The molecule has 1 aliphatic carbocycles. The van der Waals surface area contributed by atoms with Crippen molar-refractivity contribution in [1.29, 1.82) is 0 Å². The van der Waals surface area contributed by atoms with Crippen LogP contribution < -0.4 is 10.6 Å². The van der Waals surface area contributed by atoms with Crippen molar-refractivity contribution in [3.63, 3.8) is 0 Å². The van der Waals surface area contributed by atoms with E-state index < -0.39 is 23.7 Å². The van der Waals surface area contributed by atoms with Crippen LogP contribution in [0.5, 0.6) is 0 Å². The van der Waals surface area contributed by atoms with Gasteiger partial charge in [-0.1, -0.05) is 26.2 Å². The van der Waals surface area contributed by atoms with Crippen molar-refractivity contribution in [3.05, 3.63) is 0 Å². The lowest BCUT2D eigenvalue weighted by molar-refractivity contribution is -0.153. The number of ether oxygens (including phenoxy) is 1. The summed E-state index contributed by atoms with van der Waals surface area (Å²) < 4.78 is 5.29. The second kappa shape index (κ2) is 7.77. The molecular formula is C16H26N2O5. The summed E-state index contributed by atoms with van der Waals surface area (Å²) in [5.74, 6) is -1.56. The standard InChI is InChI=1S/C16H26N2O5/c1-2-10-17-15(22)16(8-4-3-5-9-16)18-13(19)11-6-7-12(23-11)14(20)21/h11-12H,2-10H2,1H3,(H,17,22)(H,18,19)(H,20,21)/t11-,12+/m0/s1. The summed E-state index contributed by atoms with van der Waals surface area (Å²) in [6, 6.07) is 0. The van der Waals surface area contributed by atoms with E-state index in [1.165, 1.54) is 0 Å². The predicted octanol–water partition coefficient (Wildman–Crippen LogP) is 0.964. The average Bonchev–Trinajstić information content (AvgIpc) is 3.03. The van der Waals surface area contributed by atoms with Gasteiger partial charge >= 0.3 is 5.97 Å². The van der Waals surface area contributed by atoms with Gasteiger partial charge in [0, 0.05) is 6.54 Å². The first-order valence-electron chi connectivity index (χ1n) is 8.47.